The molecule has 0 spiro atoms. The molecule has 6 nitrogen and oxygen atoms in total. The molecule has 0 aliphatic carbocycles. The molecule has 1 aromatic heterocycles. The second kappa shape index (κ2) is 5.31. The van der Waals surface area contributed by atoms with Gasteiger partial charge in [-0.15, -0.1) is 0 Å². The van der Waals surface area contributed by atoms with Crippen LogP contribution in [-0.2, 0) is 9.84 Å². The van der Waals surface area contributed by atoms with Gasteiger partial charge >= 0.3 is 5.69 Å². The Balaban J connectivity index is 1.72. The first kappa shape index (κ1) is 14.3. The van der Waals surface area contributed by atoms with E-state index in [1.165, 1.54) is 0 Å². The number of nitrogens with one attached hydrogen (secondary N) is 3. The number of hydrogen-bond donors (Lipinski definition) is 3. The van der Waals surface area contributed by atoms with E-state index in [1.807, 2.05) is 18.2 Å². The van der Waals surface area contributed by atoms with E-state index in [9.17, 15) is 13.2 Å². The Bertz CT molecular complexity index is 792. The minimum Gasteiger partial charge on any atom is -0.307 e. The lowest BCUT2D eigenvalue weighted by Crippen LogP contribution is -2.38. The maximum Gasteiger partial charge on any atom is 0.323 e. The summed E-state index contributed by atoms with van der Waals surface area (Å²) < 4.78 is 22.9. The summed E-state index contributed by atoms with van der Waals surface area (Å²) in [5, 5.41) is 3.48. The summed E-state index contributed by atoms with van der Waals surface area (Å²) in [4.78, 5) is 16.7. The molecule has 0 amide bonds. The van der Waals surface area contributed by atoms with Gasteiger partial charge in [0, 0.05) is 12.1 Å². The average Bonchev–Trinajstić information content (AvgIpc) is 2.80. The molecule has 1 fully saturated rings. The molecule has 21 heavy (non-hydrogen) atoms. The van der Waals surface area contributed by atoms with E-state index in [1.54, 1.807) is 0 Å². The van der Waals surface area contributed by atoms with Crippen LogP contribution in [0, 0.1) is 0 Å². The zero-order valence-corrected chi connectivity index (χ0v) is 12.7. The van der Waals surface area contributed by atoms with Crippen LogP contribution in [0.1, 0.15) is 31.4 Å². The van der Waals surface area contributed by atoms with Crippen LogP contribution in [0.5, 0.6) is 0 Å². The van der Waals surface area contributed by atoms with Crippen molar-refractivity contribution in [1.29, 1.82) is 0 Å². The zero-order chi connectivity index (χ0) is 15.0. The van der Waals surface area contributed by atoms with E-state index in [-0.39, 0.29) is 29.3 Å². The van der Waals surface area contributed by atoms with Crippen LogP contribution >= 0.6 is 0 Å². The SMILES string of the molecule is CC(NC1CCS(=O)(=O)CC1)c1ccc2[nH]c(=O)[nH]c2c1. The van der Waals surface area contributed by atoms with Crippen molar-refractivity contribution in [1.82, 2.24) is 15.3 Å². The predicted octanol–water partition coefficient (Wildman–Crippen LogP) is 1.08. The van der Waals surface area contributed by atoms with Gasteiger partial charge in [-0.3, -0.25) is 0 Å². The third kappa shape index (κ3) is 3.19. The Hall–Kier alpha value is -1.60. The van der Waals surface area contributed by atoms with E-state index in [2.05, 4.69) is 22.2 Å². The van der Waals surface area contributed by atoms with E-state index in [4.69, 9.17) is 0 Å². The molecule has 0 radical (unpaired) electrons. The van der Waals surface area contributed by atoms with Crippen molar-refractivity contribution in [3.8, 4) is 0 Å². The molecule has 1 aliphatic rings. The monoisotopic (exact) mass is 309 g/mol. The summed E-state index contributed by atoms with van der Waals surface area (Å²) >= 11 is 0. The quantitative estimate of drug-likeness (QED) is 0.791. The van der Waals surface area contributed by atoms with Crippen LogP contribution < -0.4 is 11.0 Å². The highest BCUT2D eigenvalue weighted by molar-refractivity contribution is 7.91. The van der Waals surface area contributed by atoms with Gasteiger partial charge in [0.25, 0.3) is 0 Å². The number of H-pyrrole nitrogens is 2. The topological polar surface area (TPSA) is 94.8 Å². The highest BCUT2D eigenvalue weighted by atomic mass is 32.2. The first-order chi connectivity index (χ1) is 9.93. The lowest BCUT2D eigenvalue weighted by atomic mass is 10.0. The summed E-state index contributed by atoms with van der Waals surface area (Å²) in [7, 11) is -2.83. The molecule has 2 aromatic rings. The molecule has 3 N–H and O–H groups in total. The number of benzene rings is 1. The first-order valence-corrected chi connectivity index (χ1v) is 8.93. The molecule has 1 aromatic carbocycles. The van der Waals surface area contributed by atoms with Crippen molar-refractivity contribution in [2.75, 3.05) is 11.5 Å². The van der Waals surface area contributed by atoms with Crippen molar-refractivity contribution in [3.63, 3.8) is 0 Å². The Morgan fingerprint density at radius 1 is 1.19 bits per heavy atom. The van der Waals surface area contributed by atoms with Crippen molar-refractivity contribution in [2.45, 2.75) is 31.8 Å². The van der Waals surface area contributed by atoms with Gasteiger partial charge in [0.05, 0.1) is 22.5 Å². The highest BCUT2D eigenvalue weighted by Gasteiger charge is 2.24. The van der Waals surface area contributed by atoms with Gasteiger partial charge in [-0.2, -0.15) is 0 Å². The van der Waals surface area contributed by atoms with E-state index in [0.717, 1.165) is 16.6 Å². The maximum absolute atomic E-state index is 11.4. The van der Waals surface area contributed by atoms with E-state index in [0.29, 0.717) is 12.8 Å². The Kier molecular flexibility index (Phi) is 3.62. The van der Waals surface area contributed by atoms with Crippen LogP contribution in [-0.4, -0.2) is 35.9 Å². The number of rotatable bonds is 3. The normalized spacial score (nSPS) is 20.6. The van der Waals surface area contributed by atoms with Gasteiger partial charge in [-0.05, 0) is 37.5 Å². The van der Waals surface area contributed by atoms with Crippen molar-refractivity contribution in [3.05, 3.63) is 34.2 Å². The number of fused-ring (bicyclic) bond motifs is 1. The van der Waals surface area contributed by atoms with Gasteiger partial charge in [0.2, 0.25) is 0 Å². The molecule has 1 unspecified atom stereocenters. The lowest BCUT2D eigenvalue weighted by molar-refractivity contribution is 0.420. The third-order valence-corrected chi connectivity index (χ3v) is 5.80. The van der Waals surface area contributed by atoms with Crippen LogP contribution in [0.25, 0.3) is 11.0 Å². The number of sulfone groups is 1. The molecular weight excluding hydrogens is 290 g/mol. The molecule has 0 saturated carbocycles. The second-order valence-corrected chi connectivity index (χ2v) is 8.00. The van der Waals surface area contributed by atoms with E-state index < -0.39 is 9.84 Å². The standard InChI is InChI=1S/C14H19N3O3S/c1-9(15-11-4-6-21(19,20)7-5-11)10-2-3-12-13(8-10)17-14(18)16-12/h2-3,8-9,11,15H,4-7H2,1H3,(H2,16,17,18). The van der Waals surface area contributed by atoms with Crippen LogP contribution in [0.4, 0.5) is 0 Å². The van der Waals surface area contributed by atoms with Crippen molar-refractivity contribution < 1.29 is 8.42 Å². The maximum atomic E-state index is 11.4. The number of aromatic nitrogens is 2. The van der Waals surface area contributed by atoms with Crippen LogP contribution in [0.2, 0.25) is 0 Å². The third-order valence-electron chi connectivity index (χ3n) is 4.08. The van der Waals surface area contributed by atoms with Gasteiger partial charge in [-0.25, -0.2) is 13.2 Å². The minimum absolute atomic E-state index is 0.110. The molecule has 7 heteroatoms. The smallest absolute Gasteiger partial charge is 0.307 e. The van der Waals surface area contributed by atoms with Gasteiger partial charge in [0.1, 0.15) is 9.84 Å². The number of hydrogen-bond acceptors (Lipinski definition) is 4. The summed E-state index contributed by atoms with van der Waals surface area (Å²) in [6, 6.07) is 6.14. The molecule has 1 saturated heterocycles. The van der Waals surface area contributed by atoms with Crippen molar-refractivity contribution in [2.24, 2.45) is 0 Å². The summed E-state index contributed by atoms with van der Waals surface area (Å²) in [6.07, 6.45) is 1.33. The molecule has 114 valence electrons. The first-order valence-electron chi connectivity index (χ1n) is 7.11. The van der Waals surface area contributed by atoms with Crippen molar-refractivity contribution >= 4 is 20.9 Å². The molecule has 0 bridgehead atoms. The average molecular weight is 309 g/mol. The second-order valence-electron chi connectivity index (χ2n) is 5.70. The highest BCUT2D eigenvalue weighted by Crippen LogP contribution is 2.20. The zero-order valence-electron chi connectivity index (χ0n) is 11.8. The van der Waals surface area contributed by atoms with Gasteiger partial charge in [-0.1, -0.05) is 6.07 Å². The van der Waals surface area contributed by atoms with Crippen LogP contribution in [0.3, 0.4) is 0 Å². The molecular formula is C14H19N3O3S. The summed E-state index contributed by atoms with van der Waals surface area (Å²) in [5.74, 6) is 0.531. The lowest BCUT2D eigenvalue weighted by Gasteiger charge is -2.26. The van der Waals surface area contributed by atoms with Crippen LogP contribution in [0.15, 0.2) is 23.0 Å². The molecule has 1 aliphatic heterocycles. The Labute approximate surface area is 122 Å². The molecule has 2 heterocycles. The van der Waals surface area contributed by atoms with Gasteiger partial charge < -0.3 is 15.3 Å². The fraction of sp³-hybridized carbons (Fsp3) is 0.500. The largest absolute Gasteiger partial charge is 0.323 e. The fourth-order valence-electron chi connectivity index (χ4n) is 2.83. The fourth-order valence-corrected chi connectivity index (χ4v) is 4.32. The predicted molar refractivity (Wildman–Crippen MR) is 82.1 cm³/mol. The number of imidazole rings is 1. The summed E-state index contributed by atoms with van der Waals surface area (Å²) in [5.41, 5.74) is 2.45. The Morgan fingerprint density at radius 2 is 1.86 bits per heavy atom. The van der Waals surface area contributed by atoms with E-state index >= 15 is 0 Å². The molecule has 3 rings (SSSR count). The summed E-state index contributed by atoms with van der Waals surface area (Å²) in [6.45, 7) is 2.05. The minimum atomic E-state index is -2.83. The number of aromatic amines is 2. The molecule has 1 atom stereocenters. The Morgan fingerprint density at radius 3 is 2.57 bits per heavy atom. The van der Waals surface area contributed by atoms with Gasteiger partial charge in [0.15, 0.2) is 0 Å².